The highest BCUT2D eigenvalue weighted by molar-refractivity contribution is 6.99. The number of rotatable bonds is 7. The van der Waals surface area contributed by atoms with Crippen LogP contribution in [-0.4, -0.2) is 45.1 Å². The first-order valence-corrected chi connectivity index (χ1v) is 16.8. The summed E-state index contributed by atoms with van der Waals surface area (Å²) in [5.74, 6) is 1.90. The number of hydrogen-bond donors (Lipinski definition) is 1. The summed E-state index contributed by atoms with van der Waals surface area (Å²) >= 11 is 0. The molecule has 0 unspecified atom stereocenters. The van der Waals surface area contributed by atoms with E-state index < -0.39 is 8.32 Å². The zero-order valence-corrected chi connectivity index (χ0v) is 26.6. The summed E-state index contributed by atoms with van der Waals surface area (Å²) in [5.41, 5.74) is 11.7. The summed E-state index contributed by atoms with van der Waals surface area (Å²) in [5, 5.41) is 2.60. The first-order chi connectivity index (χ1) is 20.1. The van der Waals surface area contributed by atoms with Crippen LogP contribution in [0, 0.1) is 5.92 Å². The molecule has 0 radical (unpaired) electrons. The third-order valence-electron chi connectivity index (χ3n) is 9.12. The van der Waals surface area contributed by atoms with Gasteiger partial charge in [-0.2, -0.15) is 0 Å². The maximum Gasteiger partial charge on any atom is 0.261 e. The summed E-state index contributed by atoms with van der Waals surface area (Å²) in [4.78, 5) is 11.5. The van der Waals surface area contributed by atoms with E-state index in [2.05, 4.69) is 117 Å². The van der Waals surface area contributed by atoms with Crippen molar-refractivity contribution in [2.45, 2.75) is 51.5 Å². The van der Waals surface area contributed by atoms with Gasteiger partial charge in [0.25, 0.3) is 8.32 Å². The molecule has 1 fully saturated rings. The Morgan fingerprint density at radius 2 is 1.55 bits per heavy atom. The lowest BCUT2D eigenvalue weighted by atomic mass is 9.71. The van der Waals surface area contributed by atoms with Gasteiger partial charge >= 0.3 is 0 Å². The molecule has 6 nitrogen and oxygen atoms in total. The predicted molar refractivity (Wildman–Crippen MR) is 174 cm³/mol. The maximum atomic E-state index is 7.27. The highest BCUT2D eigenvalue weighted by Gasteiger charge is 2.51. The van der Waals surface area contributed by atoms with Crippen molar-refractivity contribution in [3.05, 3.63) is 90.3 Å². The number of ether oxygens (including phenoxy) is 1. The van der Waals surface area contributed by atoms with Gasteiger partial charge in [0.2, 0.25) is 0 Å². The molecule has 2 N–H and O–H groups in total. The molecule has 4 aromatic rings. The van der Waals surface area contributed by atoms with Gasteiger partial charge < -0.3 is 19.8 Å². The van der Waals surface area contributed by atoms with E-state index in [1.165, 1.54) is 21.6 Å². The van der Waals surface area contributed by atoms with Gasteiger partial charge in [-0.3, -0.25) is 0 Å². The fraction of sp³-hybridized carbons (Fsp3) is 0.371. The Morgan fingerprint density at radius 1 is 0.929 bits per heavy atom. The Bertz CT molecular complexity index is 1540. The molecule has 0 saturated carbocycles. The van der Waals surface area contributed by atoms with Crippen molar-refractivity contribution >= 4 is 30.2 Å². The predicted octanol–water partition coefficient (Wildman–Crippen LogP) is 5.58. The number of nitrogen functional groups attached to an aromatic ring is 1. The van der Waals surface area contributed by atoms with Crippen LogP contribution in [0.5, 0.6) is 5.75 Å². The molecular weight excluding hydrogens is 536 g/mol. The number of benzene rings is 3. The lowest BCUT2D eigenvalue weighted by molar-refractivity contribution is 0.208. The number of anilines is 2. The highest BCUT2D eigenvalue weighted by atomic mass is 28.4. The number of hydrogen-bond acceptors (Lipinski definition) is 6. The lowest BCUT2D eigenvalue weighted by Gasteiger charge is -2.48. The fourth-order valence-electron chi connectivity index (χ4n) is 7.19. The number of nitrogens with two attached hydrogens (primary N) is 1. The van der Waals surface area contributed by atoms with E-state index in [0.29, 0.717) is 11.7 Å². The van der Waals surface area contributed by atoms with E-state index in [1.54, 1.807) is 13.4 Å². The Labute approximate surface area is 251 Å². The summed E-state index contributed by atoms with van der Waals surface area (Å²) < 4.78 is 13.2. The molecule has 42 heavy (non-hydrogen) atoms. The lowest BCUT2D eigenvalue weighted by Crippen LogP contribution is -2.67. The van der Waals surface area contributed by atoms with Crippen LogP contribution >= 0.6 is 0 Å². The second-order valence-corrected chi connectivity index (χ2v) is 17.7. The molecule has 1 aliphatic heterocycles. The average Bonchev–Trinajstić information content (AvgIpc) is 2.94. The molecule has 0 bridgehead atoms. The second kappa shape index (κ2) is 10.5. The number of nitrogens with zero attached hydrogens (tertiary/aromatic N) is 3. The minimum atomic E-state index is -2.57. The topological polar surface area (TPSA) is 73.5 Å². The van der Waals surface area contributed by atoms with Gasteiger partial charge in [-0.25, -0.2) is 9.97 Å². The first kappa shape index (κ1) is 28.4. The summed E-state index contributed by atoms with van der Waals surface area (Å²) in [6, 6.07) is 26.0. The largest absolute Gasteiger partial charge is 0.495 e. The number of aromatic nitrogens is 2. The minimum absolute atomic E-state index is 0.0382. The van der Waals surface area contributed by atoms with Crippen molar-refractivity contribution in [1.82, 2.24) is 9.97 Å². The molecule has 0 spiro atoms. The molecule has 2 aliphatic rings. The van der Waals surface area contributed by atoms with Crippen LogP contribution in [0.2, 0.25) is 5.04 Å². The smallest absolute Gasteiger partial charge is 0.261 e. The Kier molecular flexibility index (Phi) is 7.14. The van der Waals surface area contributed by atoms with Gasteiger partial charge in [-0.1, -0.05) is 95.3 Å². The van der Waals surface area contributed by atoms with Gasteiger partial charge in [-0.15, -0.1) is 0 Å². The van der Waals surface area contributed by atoms with E-state index in [4.69, 9.17) is 19.9 Å². The van der Waals surface area contributed by atoms with Crippen molar-refractivity contribution in [3.8, 4) is 17.0 Å². The first-order valence-electron chi connectivity index (χ1n) is 14.9. The van der Waals surface area contributed by atoms with Crippen LogP contribution in [0.15, 0.2) is 79.1 Å². The molecule has 3 aromatic carbocycles. The minimum Gasteiger partial charge on any atom is -0.495 e. The molecule has 2 heterocycles. The molecule has 1 aromatic heterocycles. The van der Waals surface area contributed by atoms with Crippen LogP contribution in [-0.2, 0) is 16.3 Å². The molecule has 0 amide bonds. The summed E-state index contributed by atoms with van der Waals surface area (Å²) in [7, 11) is -0.810. The molecule has 0 atom stereocenters. The zero-order valence-electron chi connectivity index (χ0n) is 25.6. The van der Waals surface area contributed by atoms with Gasteiger partial charge in [0.15, 0.2) is 0 Å². The Morgan fingerprint density at radius 3 is 2.12 bits per heavy atom. The van der Waals surface area contributed by atoms with Crippen LogP contribution in [0.1, 0.15) is 45.7 Å². The quantitative estimate of drug-likeness (QED) is 0.289. The van der Waals surface area contributed by atoms with Crippen LogP contribution < -0.4 is 25.7 Å². The number of methoxy groups -OCH3 is 1. The third kappa shape index (κ3) is 4.59. The summed E-state index contributed by atoms with van der Waals surface area (Å²) in [6.07, 6.45) is 2.42. The molecule has 1 saturated heterocycles. The molecule has 218 valence electrons. The average molecular weight is 579 g/mol. The van der Waals surface area contributed by atoms with E-state index >= 15 is 0 Å². The molecular formula is C35H42N4O2Si. The monoisotopic (exact) mass is 578 g/mol. The van der Waals surface area contributed by atoms with Crippen molar-refractivity contribution < 1.29 is 9.16 Å². The normalized spacial score (nSPS) is 16.4. The molecule has 1 aliphatic carbocycles. The summed E-state index contributed by atoms with van der Waals surface area (Å²) in [6.45, 7) is 14.0. The van der Waals surface area contributed by atoms with Crippen molar-refractivity contribution in [2.75, 3.05) is 37.4 Å². The van der Waals surface area contributed by atoms with Gasteiger partial charge in [0.1, 0.15) is 17.9 Å². The maximum absolute atomic E-state index is 7.27. The second-order valence-electron chi connectivity index (χ2n) is 13.4. The van der Waals surface area contributed by atoms with Crippen LogP contribution in [0.3, 0.4) is 0 Å². The van der Waals surface area contributed by atoms with E-state index in [1.807, 2.05) is 0 Å². The highest BCUT2D eigenvalue weighted by Crippen LogP contribution is 2.50. The van der Waals surface area contributed by atoms with Crippen molar-refractivity contribution in [3.63, 3.8) is 0 Å². The standard InChI is InChI=1S/C35H42N4O2Si/c1-34(2,3)42(25-13-9-7-10-14-25,26-15-11-8-12-16-26)41-22-24-20-39(21-24)32-28-19-35(4,5)30-31(37-23-38-33(30)36)27(28)17-18-29(32)40-6/h7-18,23-24H,19-22H2,1-6H3,(H2,36,37,38). The third-order valence-corrected chi connectivity index (χ3v) is 14.1. The van der Waals surface area contributed by atoms with E-state index in [0.717, 1.165) is 48.7 Å². The Balaban J connectivity index is 1.30. The van der Waals surface area contributed by atoms with Crippen molar-refractivity contribution in [2.24, 2.45) is 5.92 Å². The Hall–Kier alpha value is -3.68. The molecule has 7 heteroatoms. The van der Waals surface area contributed by atoms with Gasteiger partial charge in [0, 0.05) is 36.7 Å². The van der Waals surface area contributed by atoms with E-state index in [-0.39, 0.29) is 10.5 Å². The van der Waals surface area contributed by atoms with E-state index in [9.17, 15) is 0 Å². The van der Waals surface area contributed by atoms with Crippen LogP contribution in [0.4, 0.5) is 11.5 Å². The van der Waals surface area contributed by atoms with Crippen LogP contribution in [0.25, 0.3) is 11.3 Å². The molecule has 6 rings (SSSR count). The van der Waals surface area contributed by atoms with Gasteiger partial charge in [-0.05, 0) is 44.9 Å². The van der Waals surface area contributed by atoms with Gasteiger partial charge in [0.05, 0.1) is 18.5 Å². The van der Waals surface area contributed by atoms with Crippen molar-refractivity contribution in [1.29, 1.82) is 0 Å². The SMILES string of the molecule is COc1ccc2c(c1N1CC(CO[Si](c3ccccc3)(c3ccccc3)C(C)(C)C)C1)CC(C)(C)c1c(N)ncnc1-2. The fourth-order valence-corrected chi connectivity index (χ4v) is 11.8. The number of fused-ring (bicyclic) bond motifs is 3. The zero-order chi connectivity index (χ0) is 29.7.